The van der Waals surface area contributed by atoms with E-state index >= 15 is 0 Å². The predicted octanol–water partition coefficient (Wildman–Crippen LogP) is 4.92. The average Bonchev–Trinajstić information content (AvgIpc) is 3.05. The molecule has 0 saturated heterocycles. The Morgan fingerprint density at radius 3 is 2.65 bits per heavy atom. The molecule has 2 aromatic carbocycles. The van der Waals surface area contributed by atoms with E-state index in [0.29, 0.717) is 22.7 Å². The van der Waals surface area contributed by atoms with Crippen molar-refractivity contribution in [1.82, 2.24) is 10.3 Å². The topological polar surface area (TPSA) is 42.0 Å². The van der Waals surface area contributed by atoms with Crippen molar-refractivity contribution in [3.05, 3.63) is 75.9 Å². The fourth-order valence-electron chi connectivity index (χ4n) is 2.49. The van der Waals surface area contributed by atoms with E-state index in [2.05, 4.69) is 10.3 Å². The van der Waals surface area contributed by atoms with E-state index in [9.17, 15) is 9.18 Å². The number of hydrogen-bond acceptors (Lipinski definition) is 4. The van der Waals surface area contributed by atoms with Crippen LogP contribution in [0.25, 0.3) is 11.3 Å². The van der Waals surface area contributed by atoms with E-state index in [1.54, 1.807) is 23.9 Å². The lowest BCUT2D eigenvalue weighted by Crippen LogP contribution is -2.25. The van der Waals surface area contributed by atoms with Crippen LogP contribution in [0.2, 0.25) is 0 Å². The Labute approximate surface area is 160 Å². The summed E-state index contributed by atoms with van der Waals surface area (Å²) >= 11 is 3.00. The number of aryl methyl sites for hydroxylation is 1. The molecule has 1 amide bonds. The van der Waals surface area contributed by atoms with Crippen LogP contribution in [0.3, 0.4) is 0 Å². The lowest BCUT2D eigenvalue weighted by Gasteiger charge is -2.06. The Morgan fingerprint density at radius 2 is 1.88 bits per heavy atom. The highest BCUT2D eigenvalue weighted by Gasteiger charge is 2.17. The van der Waals surface area contributed by atoms with Crippen molar-refractivity contribution in [3.8, 4) is 11.3 Å². The van der Waals surface area contributed by atoms with Gasteiger partial charge in [0.1, 0.15) is 10.7 Å². The first-order chi connectivity index (χ1) is 12.6. The second kappa shape index (κ2) is 8.96. The van der Waals surface area contributed by atoms with Crippen molar-refractivity contribution in [2.45, 2.75) is 12.7 Å². The highest BCUT2D eigenvalue weighted by Crippen LogP contribution is 2.27. The number of nitrogens with zero attached hydrogens (tertiary/aromatic N) is 1. The Bertz CT molecular complexity index is 881. The second-order valence-electron chi connectivity index (χ2n) is 5.68. The van der Waals surface area contributed by atoms with Crippen LogP contribution in [0.15, 0.2) is 54.6 Å². The Morgan fingerprint density at radius 1 is 1.15 bits per heavy atom. The number of amides is 1. The van der Waals surface area contributed by atoms with Crippen LogP contribution in [-0.2, 0) is 5.75 Å². The molecule has 0 spiro atoms. The molecule has 1 heterocycles. The van der Waals surface area contributed by atoms with Crippen LogP contribution >= 0.6 is 23.1 Å². The van der Waals surface area contributed by atoms with Gasteiger partial charge in [-0.1, -0.05) is 48.5 Å². The molecule has 0 fully saturated rings. The second-order valence-corrected chi connectivity index (χ2v) is 7.98. The molecule has 0 bridgehead atoms. The lowest BCUT2D eigenvalue weighted by molar-refractivity contribution is 0.0960. The summed E-state index contributed by atoms with van der Waals surface area (Å²) in [6, 6.07) is 16.5. The smallest absolute Gasteiger partial charge is 0.263 e. The van der Waals surface area contributed by atoms with Gasteiger partial charge in [-0.15, -0.1) is 11.3 Å². The SMILES string of the molecule is Cc1nc(-c2ccccc2)c(C(=O)NCCSCc2ccccc2F)s1. The third-order valence-corrected chi connectivity index (χ3v) is 5.71. The summed E-state index contributed by atoms with van der Waals surface area (Å²) in [6.45, 7) is 2.43. The molecular weight excluding hydrogens is 367 g/mol. The average molecular weight is 387 g/mol. The predicted molar refractivity (Wildman–Crippen MR) is 107 cm³/mol. The first-order valence-corrected chi connectivity index (χ1v) is 10.2. The number of halogens is 1. The van der Waals surface area contributed by atoms with Crippen molar-refractivity contribution in [2.75, 3.05) is 12.3 Å². The molecule has 134 valence electrons. The summed E-state index contributed by atoms with van der Waals surface area (Å²) in [5, 5.41) is 3.80. The molecule has 0 aliphatic carbocycles. The Hall–Kier alpha value is -2.18. The van der Waals surface area contributed by atoms with Gasteiger partial charge in [0, 0.05) is 23.6 Å². The van der Waals surface area contributed by atoms with E-state index in [4.69, 9.17) is 0 Å². The van der Waals surface area contributed by atoms with Crippen LogP contribution in [0.4, 0.5) is 4.39 Å². The summed E-state index contributed by atoms with van der Waals surface area (Å²) in [7, 11) is 0. The van der Waals surface area contributed by atoms with Crippen molar-refractivity contribution >= 4 is 29.0 Å². The Balaban J connectivity index is 1.54. The zero-order valence-corrected chi connectivity index (χ0v) is 16.0. The fourth-order valence-corrected chi connectivity index (χ4v) is 4.19. The van der Waals surface area contributed by atoms with Crippen LogP contribution in [0.5, 0.6) is 0 Å². The van der Waals surface area contributed by atoms with Crippen LogP contribution < -0.4 is 5.32 Å². The fraction of sp³-hybridized carbons (Fsp3) is 0.200. The normalized spacial score (nSPS) is 10.7. The highest BCUT2D eigenvalue weighted by atomic mass is 32.2. The number of hydrogen-bond donors (Lipinski definition) is 1. The van der Waals surface area contributed by atoms with Crippen molar-refractivity contribution in [2.24, 2.45) is 0 Å². The highest BCUT2D eigenvalue weighted by molar-refractivity contribution is 7.98. The van der Waals surface area contributed by atoms with Gasteiger partial charge < -0.3 is 5.32 Å². The molecule has 0 atom stereocenters. The van der Waals surface area contributed by atoms with Gasteiger partial charge in [0.05, 0.1) is 10.7 Å². The molecule has 6 heteroatoms. The number of rotatable bonds is 7. The first-order valence-electron chi connectivity index (χ1n) is 8.27. The Kier molecular flexibility index (Phi) is 6.41. The minimum Gasteiger partial charge on any atom is -0.350 e. The van der Waals surface area contributed by atoms with Crippen LogP contribution in [0.1, 0.15) is 20.2 Å². The molecule has 0 radical (unpaired) electrons. The number of nitrogens with one attached hydrogen (secondary N) is 1. The van der Waals surface area contributed by atoms with Gasteiger partial charge in [-0.25, -0.2) is 9.37 Å². The number of aromatic nitrogens is 1. The zero-order valence-electron chi connectivity index (χ0n) is 14.4. The summed E-state index contributed by atoms with van der Waals surface area (Å²) in [6.07, 6.45) is 0. The summed E-state index contributed by atoms with van der Waals surface area (Å²) in [4.78, 5) is 17.7. The minimum atomic E-state index is -0.184. The third-order valence-electron chi connectivity index (χ3n) is 3.73. The molecule has 1 aromatic heterocycles. The van der Waals surface area contributed by atoms with Crippen molar-refractivity contribution < 1.29 is 9.18 Å². The minimum absolute atomic E-state index is 0.110. The molecule has 0 aliphatic heterocycles. The monoisotopic (exact) mass is 386 g/mol. The van der Waals surface area contributed by atoms with E-state index in [1.165, 1.54) is 17.4 Å². The molecule has 0 saturated carbocycles. The maximum atomic E-state index is 13.6. The third kappa shape index (κ3) is 4.71. The van der Waals surface area contributed by atoms with Crippen molar-refractivity contribution in [1.29, 1.82) is 0 Å². The largest absolute Gasteiger partial charge is 0.350 e. The van der Waals surface area contributed by atoms with E-state index in [1.807, 2.05) is 43.3 Å². The van der Waals surface area contributed by atoms with Gasteiger partial charge in [0.25, 0.3) is 5.91 Å². The number of thioether (sulfide) groups is 1. The maximum absolute atomic E-state index is 13.6. The lowest BCUT2D eigenvalue weighted by atomic mass is 10.1. The molecular formula is C20H19FN2OS2. The van der Waals surface area contributed by atoms with E-state index in [0.717, 1.165) is 22.0 Å². The molecule has 3 nitrogen and oxygen atoms in total. The van der Waals surface area contributed by atoms with Crippen molar-refractivity contribution in [3.63, 3.8) is 0 Å². The van der Waals surface area contributed by atoms with Gasteiger partial charge >= 0.3 is 0 Å². The quantitative estimate of drug-likeness (QED) is 0.586. The van der Waals surface area contributed by atoms with Gasteiger partial charge in [-0.3, -0.25) is 4.79 Å². The van der Waals surface area contributed by atoms with E-state index in [-0.39, 0.29) is 11.7 Å². The molecule has 1 N–H and O–H groups in total. The van der Waals surface area contributed by atoms with Gasteiger partial charge in [0.15, 0.2) is 0 Å². The zero-order chi connectivity index (χ0) is 18.4. The number of carbonyl (C=O) groups is 1. The molecule has 3 aromatic rings. The van der Waals surface area contributed by atoms with Gasteiger partial charge in [-0.05, 0) is 18.6 Å². The first kappa shape index (κ1) is 18.6. The molecule has 26 heavy (non-hydrogen) atoms. The number of carbonyl (C=O) groups excluding carboxylic acids is 1. The van der Waals surface area contributed by atoms with Crippen LogP contribution in [0, 0.1) is 12.7 Å². The summed E-state index contributed by atoms with van der Waals surface area (Å²) < 4.78 is 13.6. The van der Waals surface area contributed by atoms with Crippen LogP contribution in [-0.4, -0.2) is 23.2 Å². The van der Waals surface area contributed by atoms with Gasteiger partial charge in [0.2, 0.25) is 0 Å². The molecule has 0 unspecified atom stereocenters. The van der Waals surface area contributed by atoms with Gasteiger partial charge in [-0.2, -0.15) is 11.8 Å². The summed E-state index contributed by atoms with van der Waals surface area (Å²) in [5.41, 5.74) is 2.36. The molecule has 0 aliphatic rings. The number of thiazole rings is 1. The maximum Gasteiger partial charge on any atom is 0.263 e. The summed E-state index contributed by atoms with van der Waals surface area (Å²) in [5.74, 6) is 1.02. The molecule has 3 rings (SSSR count). The number of benzene rings is 2. The standard InChI is InChI=1S/C20H19FN2OS2/c1-14-23-18(15-7-3-2-4-8-15)19(26-14)20(24)22-11-12-25-13-16-9-5-6-10-17(16)21/h2-10H,11-13H2,1H3,(H,22,24). The van der Waals surface area contributed by atoms with E-state index < -0.39 is 0 Å².